The molecule has 1 aliphatic rings. The Balaban J connectivity index is 0.000000386. The van der Waals surface area contributed by atoms with Crippen molar-refractivity contribution in [2.24, 2.45) is 0 Å². The minimum absolute atomic E-state index is 0. The van der Waals surface area contributed by atoms with E-state index < -0.39 is 14.0 Å². The molecular formula is C61H57IrN3OSi-2. The number of aromatic nitrogens is 3. The fraction of sp³-hybridized carbons (Fsp3) is 0.213. The summed E-state index contributed by atoms with van der Waals surface area (Å²) in [5, 5.41) is 2.14. The van der Waals surface area contributed by atoms with E-state index in [1.807, 2.05) is 54.6 Å². The molecule has 4 nitrogen and oxygen atoms in total. The zero-order valence-electron chi connectivity index (χ0n) is 40.2. The van der Waals surface area contributed by atoms with Crippen molar-refractivity contribution in [3.05, 3.63) is 199 Å². The molecule has 0 spiro atoms. The van der Waals surface area contributed by atoms with E-state index in [4.69, 9.17) is 9.40 Å². The molecule has 10 aromatic rings. The third-order valence-electron chi connectivity index (χ3n) is 13.4. The van der Waals surface area contributed by atoms with Crippen molar-refractivity contribution in [3.8, 4) is 50.6 Å². The Hall–Kier alpha value is -6.17. The summed E-state index contributed by atoms with van der Waals surface area (Å²) in [6, 6.07) is 66.2. The molecule has 0 bridgehead atoms. The largest absolute Gasteiger partial charge is 0.501 e. The number of hydrogen-bond acceptors (Lipinski definition) is 3. The molecule has 11 rings (SSSR count). The number of para-hydroxylation sites is 2. The Morgan fingerprint density at radius 2 is 1.33 bits per heavy atom. The fourth-order valence-corrected chi connectivity index (χ4v) is 11.8. The zero-order chi connectivity index (χ0) is 46.3. The molecule has 1 saturated heterocycles. The second-order valence-electron chi connectivity index (χ2n) is 19.2. The number of rotatable bonds is 8. The van der Waals surface area contributed by atoms with Crippen LogP contribution in [0.15, 0.2) is 174 Å². The third kappa shape index (κ3) is 9.41. The van der Waals surface area contributed by atoms with Crippen LogP contribution >= 0.6 is 0 Å². The Labute approximate surface area is 411 Å². The SMILES string of the molecule is [2H]C1(c2ccc(-c3cc(C(C)C)c(-n4c(-c5[c-]ccc6c5oc5cc(-c7ccccc7)ccc56)nc5ccccc54)c(C(C)C)c3)cc2)CC[Si](C)(C)CC1.[Ir].[c-]1ccccc1-c1ccccn1. The van der Waals surface area contributed by atoms with Gasteiger partial charge in [-0.1, -0.05) is 155 Å². The van der Waals surface area contributed by atoms with Gasteiger partial charge in [0.25, 0.3) is 0 Å². The number of benzene rings is 7. The molecule has 1 aliphatic heterocycles. The Morgan fingerprint density at radius 3 is 2.01 bits per heavy atom. The normalized spacial score (nSPS) is 14.5. The first-order valence-electron chi connectivity index (χ1n) is 24.0. The summed E-state index contributed by atoms with van der Waals surface area (Å²) in [4.78, 5) is 9.57. The maximum atomic E-state index is 9.39. The van der Waals surface area contributed by atoms with Gasteiger partial charge >= 0.3 is 0 Å². The molecular weight excluding hydrogens is 1010 g/mol. The molecule has 337 valence electrons. The van der Waals surface area contributed by atoms with Crippen LogP contribution in [-0.4, -0.2) is 22.6 Å². The van der Waals surface area contributed by atoms with Crippen LogP contribution in [0.5, 0.6) is 0 Å². The monoisotopic (exact) mass is 1070 g/mol. The maximum Gasteiger partial charge on any atom is 0.121 e. The van der Waals surface area contributed by atoms with Crippen molar-refractivity contribution < 1.29 is 25.9 Å². The van der Waals surface area contributed by atoms with E-state index in [2.05, 4.69) is 172 Å². The van der Waals surface area contributed by atoms with E-state index in [0.29, 0.717) is 0 Å². The van der Waals surface area contributed by atoms with Crippen LogP contribution in [-0.2, 0) is 20.1 Å². The summed E-state index contributed by atoms with van der Waals surface area (Å²) in [6.07, 6.45) is 3.74. The van der Waals surface area contributed by atoms with Crippen molar-refractivity contribution in [3.63, 3.8) is 0 Å². The topological polar surface area (TPSA) is 43.9 Å². The minimum atomic E-state index is -1.15. The van der Waals surface area contributed by atoms with Gasteiger partial charge < -0.3 is 14.0 Å². The molecule has 1 radical (unpaired) electrons. The summed E-state index contributed by atoms with van der Waals surface area (Å²) in [7, 11) is -1.15. The van der Waals surface area contributed by atoms with Gasteiger partial charge in [-0.25, -0.2) is 0 Å². The average Bonchev–Trinajstić information content (AvgIpc) is 3.94. The summed E-state index contributed by atoms with van der Waals surface area (Å²) in [5.74, 6) is 0.846. The van der Waals surface area contributed by atoms with Crippen molar-refractivity contribution in [2.75, 3.05) is 0 Å². The van der Waals surface area contributed by atoms with E-state index in [-0.39, 0.29) is 31.9 Å². The second-order valence-corrected chi connectivity index (χ2v) is 24.5. The molecule has 67 heavy (non-hydrogen) atoms. The smallest absolute Gasteiger partial charge is 0.121 e. The van der Waals surface area contributed by atoms with Gasteiger partial charge in [-0.2, -0.15) is 0 Å². The van der Waals surface area contributed by atoms with Crippen LogP contribution in [0.3, 0.4) is 0 Å². The molecule has 0 atom stereocenters. The number of hydrogen-bond donors (Lipinski definition) is 0. The number of pyridine rings is 1. The van der Waals surface area contributed by atoms with Gasteiger partial charge in [0.1, 0.15) is 5.58 Å². The summed E-state index contributed by atoms with van der Waals surface area (Å²) < 4.78 is 18.6. The standard InChI is InChI=1S/C50H49N2OSi.C11H8N.Ir/c1-32(2)43-29-39(36-21-19-35(20-22-36)37-25-27-54(5,6)28-26-37)30-44(33(3)4)48(43)52-46-18-11-10-17-45(46)51-50(52)42-16-12-15-41-40-24-23-38(31-47(40)53-49(41)42)34-13-8-7-9-14-34;1-2-6-10(7-3-1)11-8-4-5-9-12-11;/h7-15,17-24,29-33,37H,25-28H2,1-6H3;1-6,8-9H;/q2*-1;/i37D;;. The first kappa shape index (κ1) is 44.7. The molecule has 1 fully saturated rings. The number of imidazole rings is 1. The van der Waals surface area contributed by atoms with Crippen LogP contribution in [0, 0.1) is 12.1 Å². The van der Waals surface area contributed by atoms with Gasteiger partial charge in [0, 0.05) is 46.8 Å². The summed E-state index contributed by atoms with van der Waals surface area (Å²) in [6.45, 7) is 14.1. The van der Waals surface area contributed by atoms with E-state index in [1.165, 1.54) is 40.0 Å². The molecule has 7 aromatic carbocycles. The molecule has 0 aliphatic carbocycles. The van der Waals surface area contributed by atoms with Gasteiger partial charge in [0.15, 0.2) is 0 Å². The Kier molecular flexibility index (Phi) is 13.0. The number of nitrogens with zero attached hydrogens (tertiary/aromatic N) is 3. The predicted octanol–water partition coefficient (Wildman–Crippen LogP) is 17.1. The van der Waals surface area contributed by atoms with Gasteiger partial charge in [-0.15, -0.1) is 54.1 Å². The quantitative estimate of drug-likeness (QED) is 0.112. The molecule has 0 saturated carbocycles. The molecule has 3 aromatic heterocycles. The van der Waals surface area contributed by atoms with E-state index in [1.54, 1.807) is 6.20 Å². The third-order valence-corrected chi connectivity index (χ3v) is 16.7. The van der Waals surface area contributed by atoms with E-state index in [9.17, 15) is 1.37 Å². The predicted molar refractivity (Wildman–Crippen MR) is 279 cm³/mol. The van der Waals surface area contributed by atoms with Gasteiger partial charge in [-0.3, -0.25) is 4.98 Å². The Morgan fingerprint density at radius 1 is 0.657 bits per heavy atom. The first-order chi connectivity index (χ1) is 32.5. The zero-order valence-corrected chi connectivity index (χ0v) is 42.6. The van der Waals surface area contributed by atoms with Gasteiger partial charge in [0.2, 0.25) is 0 Å². The van der Waals surface area contributed by atoms with Crippen molar-refractivity contribution in [1.82, 2.24) is 14.5 Å². The van der Waals surface area contributed by atoms with Crippen LogP contribution in [0.2, 0.25) is 25.2 Å². The molecule has 0 N–H and O–H groups in total. The van der Waals surface area contributed by atoms with Crippen molar-refractivity contribution in [1.29, 1.82) is 0 Å². The fourth-order valence-electron chi connectivity index (χ4n) is 9.61. The average molecular weight is 1070 g/mol. The van der Waals surface area contributed by atoms with E-state index in [0.717, 1.165) is 85.1 Å². The number of furan rings is 1. The second kappa shape index (κ2) is 19.6. The summed E-state index contributed by atoms with van der Waals surface area (Å²) >= 11 is 0. The molecule has 6 heteroatoms. The van der Waals surface area contributed by atoms with E-state index >= 15 is 0 Å². The van der Waals surface area contributed by atoms with Crippen LogP contribution in [0.4, 0.5) is 0 Å². The van der Waals surface area contributed by atoms with Crippen LogP contribution in [0.1, 0.15) is 76.3 Å². The van der Waals surface area contributed by atoms with Gasteiger partial charge in [-0.05, 0) is 112 Å². The Bertz CT molecular complexity index is 3270. The minimum Gasteiger partial charge on any atom is -0.501 e. The summed E-state index contributed by atoms with van der Waals surface area (Å²) in [5.41, 5.74) is 16.1. The van der Waals surface area contributed by atoms with Crippen LogP contribution in [0.25, 0.3) is 83.6 Å². The molecule has 4 heterocycles. The maximum absolute atomic E-state index is 9.39. The van der Waals surface area contributed by atoms with Crippen molar-refractivity contribution in [2.45, 2.75) is 83.4 Å². The van der Waals surface area contributed by atoms with Gasteiger partial charge in [0.05, 0.1) is 22.4 Å². The molecule has 0 unspecified atom stereocenters. The molecule has 0 amide bonds. The van der Waals surface area contributed by atoms with Crippen molar-refractivity contribution >= 4 is 41.0 Å². The first-order valence-corrected chi connectivity index (χ1v) is 27.0. The number of fused-ring (bicyclic) bond motifs is 4. The van der Waals surface area contributed by atoms with Crippen LogP contribution < -0.4 is 0 Å².